The van der Waals surface area contributed by atoms with Gasteiger partial charge in [0.25, 0.3) is 5.91 Å². The Morgan fingerprint density at radius 2 is 2.18 bits per heavy atom. The molecular formula is C16H17FN2O2S. The highest BCUT2D eigenvalue weighted by atomic mass is 32.1. The van der Waals surface area contributed by atoms with Crippen LogP contribution in [0.25, 0.3) is 0 Å². The molecule has 2 aromatic rings. The number of hydrogen-bond donors (Lipinski definition) is 1. The highest BCUT2D eigenvalue weighted by Crippen LogP contribution is 2.29. The number of thiazole rings is 1. The van der Waals surface area contributed by atoms with Crippen LogP contribution in [-0.2, 0) is 4.74 Å². The van der Waals surface area contributed by atoms with Gasteiger partial charge in [0.2, 0.25) is 0 Å². The van der Waals surface area contributed by atoms with Crippen LogP contribution in [0.15, 0.2) is 23.6 Å². The monoisotopic (exact) mass is 320 g/mol. The molecule has 0 saturated carbocycles. The fraction of sp³-hybridized carbons (Fsp3) is 0.375. The molecular weight excluding hydrogens is 303 g/mol. The third kappa shape index (κ3) is 3.18. The number of nitrogens with zero attached hydrogens (tertiary/aromatic N) is 1. The van der Waals surface area contributed by atoms with Gasteiger partial charge >= 0.3 is 0 Å². The number of anilines is 1. The van der Waals surface area contributed by atoms with E-state index in [1.54, 1.807) is 13.0 Å². The second kappa shape index (κ2) is 6.54. The Balaban J connectivity index is 1.72. The smallest absolute Gasteiger partial charge is 0.257 e. The van der Waals surface area contributed by atoms with Gasteiger partial charge in [-0.15, -0.1) is 11.3 Å². The summed E-state index contributed by atoms with van der Waals surface area (Å²) < 4.78 is 18.9. The van der Waals surface area contributed by atoms with Crippen LogP contribution in [-0.4, -0.2) is 24.1 Å². The fourth-order valence-corrected chi connectivity index (χ4v) is 3.33. The van der Waals surface area contributed by atoms with Gasteiger partial charge in [0.1, 0.15) is 5.82 Å². The van der Waals surface area contributed by atoms with Gasteiger partial charge in [-0.3, -0.25) is 10.1 Å². The van der Waals surface area contributed by atoms with Crippen LogP contribution in [0.5, 0.6) is 0 Å². The van der Waals surface area contributed by atoms with Gasteiger partial charge in [0.15, 0.2) is 5.13 Å². The zero-order valence-corrected chi connectivity index (χ0v) is 13.1. The van der Waals surface area contributed by atoms with Gasteiger partial charge in [-0.2, -0.15) is 0 Å². The largest absolute Gasteiger partial charge is 0.381 e. The van der Waals surface area contributed by atoms with Crippen molar-refractivity contribution in [1.82, 2.24) is 4.98 Å². The van der Waals surface area contributed by atoms with Gasteiger partial charge in [0, 0.05) is 30.1 Å². The van der Waals surface area contributed by atoms with E-state index in [9.17, 15) is 9.18 Å². The van der Waals surface area contributed by atoms with E-state index in [0.29, 0.717) is 22.2 Å². The van der Waals surface area contributed by atoms with Crippen molar-refractivity contribution >= 4 is 22.4 Å². The molecule has 0 unspecified atom stereocenters. The van der Waals surface area contributed by atoms with Gasteiger partial charge in [0.05, 0.1) is 5.69 Å². The minimum atomic E-state index is -0.380. The Morgan fingerprint density at radius 3 is 2.95 bits per heavy atom. The van der Waals surface area contributed by atoms with Crippen LogP contribution in [0, 0.1) is 12.7 Å². The summed E-state index contributed by atoms with van der Waals surface area (Å²) in [4.78, 5) is 16.7. The van der Waals surface area contributed by atoms with E-state index in [1.165, 1.54) is 23.5 Å². The first kappa shape index (κ1) is 15.1. The maximum absolute atomic E-state index is 13.5. The Bertz CT molecular complexity index is 681. The molecule has 1 aliphatic rings. The number of carbonyl (C=O) groups excluding carboxylic acids is 1. The Kier molecular flexibility index (Phi) is 4.49. The summed E-state index contributed by atoms with van der Waals surface area (Å²) in [5.41, 5.74) is 1.68. The van der Waals surface area contributed by atoms with Crippen molar-refractivity contribution in [2.45, 2.75) is 25.7 Å². The molecule has 2 heterocycles. The van der Waals surface area contributed by atoms with Crippen molar-refractivity contribution in [2.75, 3.05) is 18.5 Å². The molecule has 4 nitrogen and oxygen atoms in total. The first-order chi connectivity index (χ1) is 10.6. The fourth-order valence-electron chi connectivity index (χ4n) is 2.54. The summed E-state index contributed by atoms with van der Waals surface area (Å²) in [6, 6.07) is 4.49. The van der Waals surface area contributed by atoms with Crippen molar-refractivity contribution in [2.24, 2.45) is 0 Å². The van der Waals surface area contributed by atoms with Crippen molar-refractivity contribution in [3.8, 4) is 0 Å². The molecule has 22 heavy (non-hydrogen) atoms. The van der Waals surface area contributed by atoms with E-state index >= 15 is 0 Å². The molecule has 1 aliphatic heterocycles. The first-order valence-corrected chi connectivity index (χ1v) is 8.13. The number of nitrogens with one attached hydrogen (secondary N) is 1. The maximum atomic E-state index is 13.5. The maximum Gasteiger partial charge on any atom is 0.257 e. The van der Waals surface area contributed by atoms with E-state index in [-0.39, 0.29) is 11.7 Å². The van der Waals surface area contributed by atoms with Crippen LogP contribution in [0.4, 0.5) is 9.52 Å². The van der Waals surface area contributed by atoms with Gasteiger partial charge in [-0.25, -0.2) is 9.37 Å². The normalized spacial score (nSPS) is 15.7. The lowest BCUT2D eigenvalue weighted by atomic mass is 9.98. The average molecular weight is 320 g/mol. The third-order valence-corrected chi connectivity index (χ3v) is 4.67. The summed E-state index contributed by atoms with van der Waals surface area (Å²) in [6.07, 6.45) is 1.92. The number of rotatable bonds is 3. The zero-order valence-electron chi connectivity index (χ0n) is 12.3. The minimum absolute atomic E-state index is 0.329. The van der Waals surface area contributed by atoms with E-state index < -0.39 is 0 Å². The summed E-state index contributed by atoms with van der Waals surface area (Å²) >= 11 is 1.40. The molecule has 6 heteroatoms. The van der Waals surface area contributed by atoms with Crippen LogP contribution in [0.1, 0.15) is 40.4 Å². The number of ether oxygens (including phenoxy) is 1. The Labute approximate surface area is 132 Å². The number of hydrogen-bond acceptors (Lipinski definition) is 4. The topological polar surface area (TPSA) is 51.2 Å². The van der Waals surface area contributed by atoms with Crippen LogP contribution < -0.4 is 5.32 Å². The Hall–Kier alpha value is -1.79. The molecule has 0 spiro atoms. The Morgan fingerprint density at radius 1 is 1.41 bits per heavy atom. The van der Waals surface area contributed by atoms with Crippen LogP contribution >= 0.6 is 11.3 Å². The lowest BCUT2D eigenvalue weighted by Crippen LogP contribution is -2.15. The molecule has 1 aromatic carbocycles. The van der Waals surface area contributed by atoms with Gasteiger partial charge in [-0.05, 0) is 37.5 Å². The second-order valence-corrected chi connectivity index (χ2v) is 6.19. The second-order valence-electron chi connectivity index (χ2n) is 5.33. The molecule has 116 valence electrons. The van der Waals surface area contributed by atoms with Crippen molar-refractivity contribution in [1.29, 1.82) is 0 Å². The molecule has 1 aromatic heterocycles. The third-order valence-electron chi connectivity index (χ3n) is 3.89. The predicted octanol–water partition coefficient (Wildman–Crippen LogP) is 3.74. The lowest BCUT2D eigenvalue weighted by molar-refractivity contribution is 0.0846. The number of aromatic nitrogens is 1. The summed E-state index contributed by atoms with van der Waals surface area (Å²) in [5.74, 6) is -0.314. The van der Waals surface area contributed by atoms with Crippen molar-refractivity contribution in [3.63, 3.8) is 0 Å². The highest BCUT2D eigenvalue weighted by molar-refractivity contribution is 7.14. The zero-order chi connectivity index (χ0) is 15.5. The molecule has 0 radical (unpaired) electrons. The summed E-state index contributed by atoms with van der Waals surface area (Å²) in [6.45, 7) is 3.11. The summed E-state index contributed by atoms with van der Waals surface area (Å²) in [5, 5.41) is 5.28. The highest BCUT2D eigenvalue weighted by Gasteiger charge is 2.20. The van der Waals surface area contributed by atoms with Gasteiger partial charge in [-0.1, -0.05) is 6.07 Å². The summed E-state index contributed by atoms with van der Waals surface area (Å²) in [7, 11) is 0. The van der Waals surface area contributed by atoms with Crippen LogP contribution in [0.2, 0.25) is 0 Å². The average Bonchev–Trinajstić information content (AvgIpc) is 2.99. The number of halogens is 1. The molecule has 0 aliphatic carbocycles. The molecule has 1 saturated heterocycles. The van der Waals surface area contributed by atoms with Gasteiger partial charge < -0.3 is 4.74 Å². The number of benzene rings is 1. The van der Waals surface area contributed by atoms with E-state index in [2.05, 4.69) is 10.3 Å². The first-order valence-electron chi connectivity index (χ1n) is 7.25. The minimum Gasteiger partial charge on any atom is -0.381 e. The number of carbonyl (C=O) groups is 1. The molecule has 1 N–H and O–H groups in total. The standard InChI is InChI=1S/C16H17FN2O2S/c1-10-12(3-2-4-13(10)17)15(20)19-16-18-14(9-22-16)11-5-7-21-8-6-11/h2-4,9,11H,5-8H2,1H3,(H,18,19,20). The quantitative estimate of drug-likeness (QED) is 0.937. The molecule has 0 atom stereocenters. The lowest BCUT2D eigenvalue weighted by Gasteiger charge is -2.19. The van der Waals surface area contributed by atoms with Crippen LogP contribution in [0.3, 0.4) is 0 Å². The molecule has 1 fully saturated rings. The van der Waals surface area contributed by atoms with E-state index in [4.69, 9.17) is 4.74 Å². The van der Waals surface area contributed by atoms with E-state index in [0.717, 1.165) is 31.7 Å². The molecule has 0 bridgehead atoms. The van der Waals surface area contributed by atoms with E-state index in [1.807, 2.05) is 5.38 Å². The van der Waals surface area contributed by atoms with Crippen molar-refractivity contribution < 1.29 is 13.9 Å². The van der Waals surface area contributed by atoms with Crippen molar-refractivity contribution in [3.05, 3.63) is 46.2 Å². The number of amides is 1. The molecule has 1 amide bonds. The molecule has 3 rings (SSSR count). The SMILES string of the molecule is Cc1c(F)cccc1C(=O)Nc1nc(C2CCOCC2)cs1. The predicted molar refractivity (Wildman–Crippen MR) is 84.0 cm³/mol.